The van der Waals surface area contributed by atoms with E-state index in [0.29, 0.717) is 12.8 Å². The number of carboxylic acid groups (broad SMARTS) is 1. The van der Waals surface area contributed by atoms with Crippen LogP contribution in [0.3, 0.4) is 0 Å². The summed E-state index contributed by atoms with van der Waals surface area (Å²) in [6.07, 6.45) is 3.13. The minimum absolute atomic E-state index is 0.114. The van der Waals surface area contributed by atoms with E-state index >= 15 is 0 Å². The van der Waals surface area contributed by atoms with Crippen molar-refractivity contribution in [3.8, 4) is 0 Å². The molecule has 6 nitrogen and oxygen atoms in total. The smallest absolute Gasteiger partial charge is 0.308 e. The van der Waals surface area contributed by atoms with Gasteiger partial charge in [0.15, 0.2) is 5.16 Å². The first-order chi connectivity index (χ1) is 12.9. The van der Waals surface area contributed by atoms with Crippen LogP contribution in [0, 0.1) is 19.8 Å². The summed E-state index contributed by atoms with van der Waals surface area (Å²) in [6.45, 7) is 3.95. The lowest BCUT2D eigenvalue weighted by atomic mass is 9.99. The quantitative estimate of drug-likeness (QED) is 0.508. The second kappa shape index (κ2) is 10.1. The molecule has 0 aliphatic heterocycles. The maximum absolute atomic E-state index is 12.2. The van der Waals surface area contributed by atoms with E-state index in [1.807, 2.05) is 50.4 Å². The number of carbonyl (C=O) groups is 2. The second-order valence-corrected chi connectivity index (χ2v) is 7.16. The summed E-state index contributed by atoms with van der Waals surface area (Å²) < 4.78 is 0. The Morgan fingerprint density at radius 3 is 2.33 bits per heavy atom. The highest BCUT2D eigenvalue weighted by atomic mass is 32.2. The van der Waals surface area contributed by atoms with Gasteiger partial charge in [-0.3, -0.25) is 9.59 Å². The number of amides is 1. The van der Waals surface area contributed by atoms with Gasteiger partial charge in [0.05, 0.1) is 5.92 Å². The molecule has 0 spiro atoms. The number of aryl methyl sites for hydroxylation is 2. The predicted octanol–water partition coefficient (Wildman–Crippen LogP) is 2.81. The van der Waals surface area contributed by atoms with Crippen LogP contribution in [-0.4, -0.2) is 39.8 Å². The molecule has 1 aromatic heterocycles. The summed E-state index contributed by atoms with van der Waals surface area (Å²) in [4.78, 5) is 32.5. The lowest BCUT2D eigenvalue weighted by Gasteiger charge is -2.14. The molecule has 2 aromatic rings. The van der Waals surface area contributed by atoms with Crippen LogP contribution in [0.2, 0.25) is 0 Å². The van der Waals surface area contributed by atoms with Crippen LogP contribution >= 0.6 is 11.8 Å². The number of carboxylic acids is 1. The molecule has 27 heavy (non-hydrogen) atoms. The third kappa shape index (κ3) is 6.36. The number of benzene rings is 1. The Bertz CT molecular complexity index is 773. The third-order valence-electron chi connectivity index (χ3n) is 4.40. The van der Waals surface area contributed by atoms with Crippen LogP contribution in [0.1, 0.15) is 28.9 Å². The molecule has 1 heterocycles. The molecule has 0 fully saturated rings. The molecule has 2 rings (SSSR count). The molecule has 1 aromatic carbocycles. The molecular weight excluding hydrogens is 362 g/mol. The standard InChI is InChI=1S/C20H25N3O3S/c1-13-17(14(2)23-20(22-13)27-3)9-10-18(24)21-12-16(19(25)26)11-15-7-5-4-6-8-15/h4-8,16H,9-12H2,1-3H3,(H,21,24)(H,25,26). The predicted molar refractivity (Wildman–Crippen MR) is 106 cm³/mol. The summed E-state index contributed by atoms with van der Waals surface area (Å²) in [5.74, 6) is -1.72. The van der Waals surface area contributed by atoms with E-state index in [4.69, 9.17) is 0 Å². The van der Waals surface area contributed by atoms with Crippen LogP contribution in [0.4, 0.5) is 0 Å². The fraction of sp³-hybridized carbons (Fsp3) is 0.400. The number of thioether (sulfide) groups is 1. The molecule has 0 radical (unpaired) electrons. The molecule has 0 saturated heterocycles. The van der Waals surface area contributed by atoms with E-state index in [0.717, 1.165) is 27.7 Å². The van der Waals surface area contributed by atoms with Crippen LogP contribution in [-0.2, 0) is 22.4 Å². The van der Waals surface area contributed by atoms with Crippen molar-refractivity contribution in [2.45, 2.75) is 38.3 Å². The van der Waals surface area contributed by atoms with Gasteiger partial charge in [0, 0.05) is 24.4 Å². The van der Waals surface area contributed by atoms with Crippen molar-refractivity contribution in [3.05, 3.63) is 52.8 Å². The van der Waals surface area contributed by atoms with Gasteiger partial charge >= 0.3 is 5.97 Å². The molecule has 0 bridgehead atoms. The molecule has 1 atom stereocenters. The minimum Gasteiger partial charge on any atom is -0.481 e. The Morgan fingerprint density at radius 1 is 1.15 bits per heavy atom. The molecule has 1 amide bonds. The Balaban J connectivity index is 1.88. The van der Waals surface area contributed by atoms with Gasteiger partial charge < -0.3 is 10.4 Å². The lowest BCUT2D eigenvalue weighted by molar-refractivity contribution is -0.141. The van der Waals surface area contributed by atoms with Gasteiger partial charge in [0.25, 0.3) is 0 Å². The van der Waals surface area contributed by atoms with Crippen LogP contribution in [0.15, 0.2) is 35.5 Å². The first-order valence-corrected chi connectivity index (χ1v) is 10.0. The Morgan fingerprint density at radius 2 is 1.78 bits per heavy atom. The van der Waals surface area contributed by atoms with Crippen molar-refractivity contribution in [2.75, 3.05) is 12.8 Å². The number of aromatic nitrogens is 2. The SMILES string of the molecule is CSc1nc(C)c(CCC(=O)NCC(Cc2ccccc2)C(=O)O)c(C)n1. The van der Waals surface area contributed by atoms with Crippen LogP contribution in [0.5, 0.6) is 0 Å². The zero-order valence-electron chi connectivity index (χ0n) is 15.9. The fourth-order valence-electron chi connectivity index (χ4n) is 2.87. The first kappa shape index (κ1) is 20.9. The topological polar surface area (TPSA) is 92.2 Å². The molecule has 0 saturated carbocycles. The third-order valence-corrected chi connectivity index (χ3v) is 4.95. The van der Waals surface area contributed by atoms with E-state index in [9.17, 15) is 14.7 Å². The van der Waals surface area contributed by atoms with Crippen molar-refractivity contribution in [3.63, 3.8) is 0 Å². The second-order valence-electron chi connectivity index (χ2n) is 6.39. The number of hydrogen-bond donors (Lipinski definition) is 2. The van der Waals surface area contributed by atoms with Gasteiger partial charge in [0.2, 0.25) is 5.91 Å². The van der Waals surface area contributed by atoms with Crippen molar-refractivity contribution in [2.24, 2.45) is 5.92 Å². The Hall–Kier alpha value is -2.41. The van der Waals surface area contributed by atoms with Crippen molar-refractivity contribution >= 4 is 23.6 Å². The average Bonchev–Trinajstić information content (AvgIpc) is 2.64. The van der Waals surface area contributed by atoms with E-state index in [1.165, 1.54) is 11.8 Å². The van der Waals surface area contributed by atoms with E-state index in [-0.39, 0.29) is 18.9 Å². The van der Waals surface area contributed by atoms with E-state index < -0.39 is 11.9 Å². The number of nitrogens with one attached hydrogen (secondary N) is 1. The monoisotopic (exact) mass is 387 g/mol. The number of nitrogens with zero attached hydrogens (tertiary/aromatic N) is 2. The Labute approximate surface area is 163 Å². The summed E-state index contributed by atoms with van der Waals surface area (Å²) in [5.41, 5.74) is 3.68. The van der Waals surface area contributed by atoms with Crippen LogP contribution in [0.25, 0.3) is 0 Å². The molecule has 144 valence electrons. The zero-order valence-corrected chi connectivity index (χ0v) is 16.7. The molecule has 0 aliphatic carbocycles. The van der Waals surface area contributed by atoms with Crippen molar-refractivity contribution in [1.82, 2.24) is 15.3 Å². The van der Waals surface area contributed by atoms with Crippen molar-refractivity contribution < 1.29 is 14.7 Å². The van der Waals surface area contributed by atoms with Gasteiger partial charge in [-0.1, -0.05) is 42.1 Å². The highest BCUT2D eigenvalue weighted by Gasteiger charge is 2.19. The zero-order chi connectivity index (χ0) is 19.8. The highest BCUT2D eigenvalue weighted by Crippen LogP contribution is 2.17. The van der Waals surface area contributed by atoms with E-state index in [1.54, 1.807) is 0 Å². The highest BCUT2D eigenvalue weighted by molar-refractivity contribution is 7.98. The maximum Gasteiger partial charge on any atom is 0.308 e. The first-order valence-electron chi connectivity index (χ1n) is 8.82. The molecule has 2 N–H and O–H groups in total. The summed E-state index contributed by atoms with van der Waals surface area (Å²) in [6, 6.07) is 9.42. The average molecular weight is 388 g/mol. The Kier molecular flexibility index (Phi) is 7.79. The molecule has 7 heteroatoms. The van der Waals surface area contributed by atoms with Gasteiger partial charge in [-0.15, -0.1) is 0 Å². The number of aliphatic carboxylic acids is 1. The lowest BCUT2D eigenvalue weighted by Crippen LogP contribution is -2.34. The maximum atomic E-state index is 12.2. The van der Waals surface area contributed by atoms with Crippen molar-refractivity contribution in [1.29, 1.82) is 0 Å². The van der Waals surface area contributed by atoms with Gasteiger partial charge in [-0.2, -0.15) is 0 Å². The van der Waals surface area contributed by atoms with E-state index in [2.05, 4.69) is 15.3 Å². The molecule has 1 unspecified atom stereocenters. The largest absolute Gasteiger partial charge is 0.481 e. The molecule has 0 aliphatic rings. The number of hydrogen-bond acceptors (Lipinski definition) is 5. The summed E-state index contributed by atoms with van der Waals surface area (Å²) in [5, 5.41) is 12.9. The molecular formula is C20H25N3O3S. The minimum atomic E-state index is -0.910. The summed E-state index contributed by atoms with van der Waals surface area (Å²) >= 11 is 1.49. The normalized spacial score (nSPS) is 11.8. The number of carbonyl (C=O) groups excluding carboxylic acids is 1. The number of rotatable bonds is 9. The van der Waals surface area contributed by atoms with Gasteiger partial charge in [-0.25, -0.2) is 9.97 Å². The summed E-state index contributed by atoms with van der Waals surface area (Å²) in [7, 11) is 0. The fourth-order valence-corrected chi connectivity index (χ4v) is 3.33. The van der Waals surface area contributed by atoms with Gasteiger partial charge in [-0.05, 0) is 44.1 Å². The van der Waals surface area contributed by atoms with Crippen LogP contribution < -0.4 is 5.32 Å². The van der Waals surface area contributed by atoms with Gasteiger partial charge in [0.1, 0.15) is 0 Å².